The number of nitrogens with zero attached hydrogens (tertiary/aromatic N) is 3. The molecule has 6 heteroatoms. The minimum Gasteiger partial charge on any atom is -0.480 e. The highest BCUT2D eigenvalue weighted by Gasteiger charge is 2.28. The highest BCUT2D eigenvalue weighted by atomic mass is 32.1. The van der Waals surface area contributed by atoms with Gasteiger partial charge in [0.05, 0.1) is 16.0 Å². The average molecular weight is 345 g/mol. The molecule has 1 aliphatic heterocycles. The predicted molar refractivity (Wildman–Crippen MR) is 97.2 cm³/mol. The number of piperidine rings is 1. The lowest BCUT2D eigenvalue weighted by atomic mass is 10.0. The molecule has 5 nitrogen and oxygen atoms in total. The highest BCUT2D eigenvalue weighted by Crippen LogP contribution is 2.30. The smallest absolute Gasteiger partial charge is 0.320 e. The van der Waals surface area contributed by atoms with Gasteiger partial charge in [0.1, 0.15) is 6.04 Å². The van der Waals surface area contributed by atoms with E-state index in [0.29, 0.717) is 6.54 Å². The third-order valence-electron chi connectivity index (χ3n) is 4.52. The number of hydrogen-bond acceptors (Lipinski definition) is 5. The molecule has 1 saturated heterocycles. The van der Waals surface area contributed by atoms with Crippen LogP contribution in [0.2, 0.25) is 0 Å². The van der Waals surface area contributed by atoms with E-state index in [-0.39, 0.29) is 10.8 Å². The highest BCUT2D eigenvalue weighted by molar-refractivity contribution is 7.81. The number of rotatable bonds is 4. The van der Waals surface area contributed by atoms with Gasteiger partial charge < -0.3 is 5.11 Å². The monoisotopic (exact) mass is 345 g/mol. The van der Waals surface area contributed by atoms with E-state index in [1.54, 1.807) is 6.20 Å². The van der Waals surface area contributed by atoms with Crippen LogP contribution in [0.1, 0.15) is 44.4 Å². The molecule has 128 valence electrons. The van der Waals surface area contributed by atoms with Crippen LogP contribution in [0, 0.1) is 0 Å². The molecule has 2 aromatic rings. The van der Waals surface area contributed by atoms with Crippen LogP contribution in [0.4, 0.5) is 0 Å². The van der Waals surface area contributed by atoms with Gasteiger partial charge in [0.15, 0.2) is 0 Å². The van der Waals surface area contributed by atoms with Gasteiger partial charge in [-0.2, -0.15) is 12.6 Å². The summed E-state index contributed by atoms with van der Waals surface area (Å²) >= 11 is 4.61. The first kappa shape index (κ1) is 17.2. The van der Waals surface area contributed by atoms with Crippen molar-refractivity contribution in [1.29, 1.82) is 0 Å². The molecule has 0 amide bonds. The van der Waals surface area contributed by atoms with Crippen LogP contribution >= 0.6 is 12.6 Å². The molecule has 24 heavy (non-hydrogen) atoms. The fourth-order valence-corrected chi connectivity index (χ4v) is 3.50. The lowest BCUT2D eigenvalue weighted by Gasteiger charge is -2.32. The van der Waals surface area contributed by atoms with Crippen LogP contribution in [-0.2, 0) is 16.1 Å². The summed E-state index contributed by atoms with van der Waals surface area (Å²) in [7, 11) is 0. The Labute approximate surface area is 147 Å². The fraction of sp³-hybridized carbons (Fsp3) is 0.500. The predicted octanol–water partition coefficient (Wildman–Crippen LogP) is 3.23. The van der Waals surface area contributed by atoms with Crippen molar-refractivity contribution in [3.05, 3.63) is 35.8 Å². The minimum atomic E-state index is -0.730. The van der Waals surface area contributed by atoms with Crippen molar-refractivity contribution in [2.45, 2.75) is 50.4 Å². The van der Waals surface area contributed by atoms with Crippen molar-refractivity contribution in [2.75, 3.05) is 6.54 Å². The minimum absolute atomic E-state index is 0.366. The second kappa shape index (κ2) is 6.69. The molecule has 1 atom stereocenters. The van der Waals surface area contributed by atoms with Crippen LogP contribution in [-0.4, -0.2) is 38.5 Å². The van der Waals surface area contributed by atoms with Gasteiger partial charge in [0.2, 0.25) is 0 Å². The molecule has 2 aromatic heterocycles. The van der Waals surface area contributed by atoms with E-state index in [1.165, 1.54) is 0 Å². The summed E-state index contributed by atoms with van der Waals surface area (Å²) in [5.41, 5.74) is 2.75. The standard InChI is InChI=1S/C18H23N3O2S/c1-18(2,24)16-15-13(6-7-19-16)9-12(10-20-15)11-21-8-4-3-5-14(21)17(22)23/h6-7,9-10,14,24H,3-5,8,11H2,1-2H3,(H,22,23). The maximum absolute atomic E-state index is 11.4. The van der Waals surface area contributed by atoms with E-state index in [0.717, 1.165) is 48.0 Å². The maximum Gasteiger partial charge on any atom is 0.320 e. The van der Waals surface area contributed by atoms with E-state index < -0.39 is 5.97 Å². The Morgan fingerprint density at radius 1 is 1.42 bits per heavy atom. The molecular formula is C18H23N3O2S. The number of carboxylic acid groups (broad SMARTS) is 1. The molecule has 0 saturated carbocycles. The van der Waals surface area contributed by atoms with Gasteiger partial charge in [0.25, 0.3) is 0 Å². The molecule has 3 heterocycles. The van der Waals surface area contributed by atoms with Crippen molar-refractivity contribution in [3.8, 4) is 0 Å². The second-order valence-corrected chi connectivity index (χ2v) is 8.07. The maximum atomic E-state index is 11.4. The third-order valence-corrected chi connectivity index (χ3v) is 4.73. The number of hydrogen-bond donors (Lipinski definition) is 2. The molecule has 0 spiro atoms. The van der Waals surface area contributed by atoms with Crippen LogP contribution < -0.4 is 0 Å². The Balaban J connectivity index is 1.90. The number of carboxylic acids is 1. The summed E-state index contributed by atoms with van der Waals surface area (Å²) in [6.07, 6.45) is 6.36. The van der Waals surface area contributed by atoms with Crippen LogP contribution in [0.3, 0.4) is 0 Å². The average Bonchev–Trinajstić information content (AvgIpc) is 2.53. The van der Waals surface area contributed by atoms with E-state index in [2.05, 4.69) is 28.7 Å². The van der Waals surface area contributed by atoms with Crippen LogP contribution in [0.25, 0.3) is 10.9 Å². The summed E-state index contributed by atoms with van der Waals surface area (Å²) < 4.78 is -0.366. The van der Waals surface area contributed by atoms with Gasteiger partial charge in [-0.15, -0.1) is 0 Å². The normalized spacial score (nSPS) is 19.5. The van der Waals surface area contributed by atoms with Crippen molar-refractivity contribution >= 4 is 29.5 Å². The van der Waals surface area contributed by atoms with E-state index in [9.17, 15) is 9.90 Å². The van der Waals surface area contributed by atoms with E-state index in [4.69, 9.17) is 0 Å². The molecule has 1 fully saturated rings. The third kappa shape index (κ3) is 3.54. The second-order valence-electron chi connectivity index (χ2n) is 6.95. The number of thiol groups is 1. The summed E-state index contributed by atoms with van der Waals surface area (Å²) in [4.78, 5) is 22.5. The summed E-state index contributed by atoms with van der Waals surface area (Å²) in [5.74, 6) is -0.730. The quantitative estimate of drug-likeness (QED) is 0.833. The zero-order chi connectivity index (χ0) is 17.3. The molecule has 3 rings (SSSR count). The molecule has 0 bridgehead atoms. The Morgan fingerprint density at radius 2 is 2.21 bits per heavy atom. The molecule has 1 unspecified atom stereocenters. The largest absolute Gasteiger partial charge is 0.480 e. The zero-order valence-electron chi connectivity index (χ0n) is 14.1. The lowest BCUT2D eigenvalue weighted by molar-refractivity contribution is -0.144. The summed E-state index contributed by atoms with van der Waals surface area (Å²) in [6.45, 7) is 5.43. The van der Waals surface area contributed by atoms with Gasteiger partial charge in [-0.05, 0) is 50.9 Å². The van der Waals surface area contributed by atoms with Crippen LogP contribution in [0.5, 0.6) is 0 Å². The van der Waals surface area contributed by atoms with Gasteiger partial charge in [-0.1, -0.05) is 6.42 Å². The molecule has 0 aliphatic carbocycles. The van der Waals surface area contributed by atoms with Crippen molar-refractivity contribution < 1.29 is 9.90 Å². The summed E-state index contributed by atoms with van der Waals surface area (Å²) in [6, 6.07) is 3.64. The number of likely N-dealkylation sites (tertiary alicyclic amines) is 1. The van der Waals surface area contributed by atoms with Gasteiger partial charge in [0, 0.05) is 24.3 Å². The van der Waals surface area contributed by atoms with Crippen molar-refractivity contribution in [1.82, 2.24) is 14.9 Å². The van der Waals surface area contributed by atoms with E-state index in [1.807, 2.05) is 31.0 Å². The number of carbonyl (C=O) groups is 1. The number of aromatic nitrogens is 2. The summed E-state index contributed by atoms with van der Waals surface area (Å²) in [5, 5.41) is 10.4. The number of aliphatic carboxylic acids is 1. The number of fused-ring (bicyclic) bond motifs is 1. The van der Waals surface area contributed by atoms with Gasteiger partial charge >= 0.3 is 5.97 Å². The number of pyridine rings is 2. The van der Waals surface area contributed by atoms with Gasteiger partial charge in [-0.3, -0.25) is 19.7 Å². The molecule has 0 radical (unpaired) electrons. The van der Waals surface area contributed by atoms with Crippen molar-refractivity contribution in [3.63, 3.8) is 0 Å². The first-order chi connectivity index (χ1) is 11.4. The Bertz CT molecular complexity index is 758. The molecule has 1 aliphatic rings. The zero-order valence-corrected chi connectivity index (χ0v) is 15.0. The first-order valence-electron chi connectivity index (χ1n) is 8.29. The van der Waals surface area contributed by atoms with Crippen molar-refractivity contribution in [2.24, 2.45) is 0 Å². The van der Waals surface area contributed by atoms with Crippen LogP contribution in [0.15, 0.2) is 24.5 Å². The lowest BCUT2D eigenvalue weighted by Crippen LogP contribution is -2.44. The molecule has 1 N–H and O–H groups in total. The van der Waals surface area contributed by atoms with E-state index >= 15 is 0 Å². The topological polar surface area (TPSA) is 66.3 Å². The Kier molecular flexibility index (Phi) is 4.78. The van der Waals surface area contributed by atoms with Gasteiger partial charge in [-0.25, -0.2) is 0 Å². The SMILES string of the molecule is CC(C)(S)c1nccc2cc(CN3CCCCC3C(=O)O)cnc12. The fourth-order valence-electron chi connectivity index (χ4n) is 3.33. The molecule has 0 aromatic carbocycles. The Morgan fingerprint density at radius 3 is 2.92 bits per heavy atom. The molecular weight excluding hydrogens is 322 g/mol. The first-order valence-corrected chi connectivity index (χ1v) is 8.74. The Hall–Kier alpha value is -1.66.